The largest absolute Gasteiger partial charge is 0.475 e. The maximum atomic E-state index is 5.61. The van der Waals surface area contributed by atoms with E-state index in [4.69, 9.17) is 16.2 Å². The van der Waals surface area contributed by atoms with E-state index in [1.165, 1.54) is 0 Å². The SMILES string of the molecule is CC(C)CC(C)Oc1ccc(N)c(N)n1. The maximum absolute atomic E-state index is 5.61. The molecule has 1 heterocycles. The summed E-state index contributed by atoms with van der Waals surface area (Å²) in [6.07, 6.45) is 1.13. The van der Waals surface area contributed by atoms with Crippen LogP contribution in [0.4, 0.5) is 11.5 Å². The molecule has 4 N–H and O–H groups in total. The predicted octanol–water partition coefficient (Wildman–Crippen LogP) is 2.06. The van der Waals surface area contributed by atoms with Crippen LogP contribution in [0.15, 0.2) is 12.1 Å². The lowest BCUT2D eigenvalue weighted by Gasteiger charge is -2.16. The first-order chi connectivity index (χ1) is 6.99. The Balaban J connectivity index is 2.60. The van der Waals surface area contributed by atoms with Gasteiger partial charge in [0, 0.05) is 6.07 Å². The molecule has 4 heteroatoms. The van der Waals surface area contributed by atoms with E-state index in [0.717, 1.165) is 6.42 Å². The Morgan fingerprint density at radius 3 is 2.47 bits per heavy atom. The molecule has 1 aromatic heterocycles. The van der Waals surface area contributed by atoms with Gasteiger partial charge in [-0.05, 0) is 25.3 Å². The molecule has 0 fully saturated rings. The fourth-order valence-electron chi connectivity index (χ4n) is 1.45. The van der Waals surface area contributed by atoms with Crippen LogP contribution in [0.3, 0.4) is 0 Å². The van der Waals surface area contributed by atoms with Crippen molar-refractivity contribution in [2.24, 2.45) is 5.92 Å². The molecule has 0 saturated heterocycles. The van der Waals surface area contributed by atoms with Gasteiger partial charge >= 0.3 is 0 Å². The summed E-state index contributed by atoms with van der Waals surface area (Å²) in [5.41, 5.74) is 11.6. The van der Waals surface area contributed by atoms with Crippen LogP contribution in [0, 0.1) is 5.92 Å². The van der Waals surface area contributed by atoms with Crippen molar-refractivity contribution in [2.75, 3.05) is 11.5 Å². The van der Waals surface area contributed by atoms with Crippen molar-refractivity contribution in [3.05, 3.63) is 12.1 Å². The lowest BCUT2D eigenvalue weighted by Crippen LogP contribution is -2.15. The molecule has 0 aliphatic carbocycles. The van der Waals surface area contributed by atoms with Gasteiger partial charge in [-0.3, -0.25) is 0 Å². The number of aromatic nitrogens is 1. The van der Waals surface area contributed by atoms with Crippen molar-refractivity contribution in [2.45, 2.75) is 33.3 Å². The topological polar surface area (TPSA) is 74.2 Å². The number of anilines is 2. The van der Waals surface area contributed by atoms with E-state index in [0.29, 0.717) is 23.3 Å². The van der Waals surface area contributed by atoms with Gasteiger partial charge in [0.25, 0.3) is 0 Å². The van der Waals surface area contributed by atoms with Gasteiger partial charge in [-0.2, -0.15) is 4.98 Å². The van der Waals surface area contributed by atoms with Crippen LogP contribution >= 0.6 is 0 Å². The van der Waals surface area contributed by atoms with Gasteiger partial charge in [0.15, 0.2) is 5.82 Å². The van der Waals surface area contributed by atoms with Crippen LogP contribution in [0.2, 0.25) is 0 Å². The number of nitrogens with zero attached hydrogens (tertiary/aromatic N) is 1. The zero-order valence-corrected chi connectivity index (χ0v) is 9.53. The van der Waals surface area contributed by atoms with Gasteiger partial charge in [-0.15, -0.1) is 0 Å². The molecule has 1 aromatic rings. The van der Waals surface area contributed by atoms with Crippen LogP contribution < -0.4 is 16.2 Å². The third-order valence-corrected chi connectivity index (χ3v) is 2.06. The molecule has 1 atom stereocenters. The number of hydrogen-bond donors (Lipinski definition) is 2. The number of nitrogens with two attached hydrogens (primary N) is 2. The first kappa shape index (κ1) is 11.6. The molecule has 84 valence electrons. The van der Waals surface area contributed by atoms with Crippen molar-refractivity contribution in [3.63, 3.8) is 0 Å². The predicted molar refractivity (Wildman–Crippen MR) is 62.6 cm³/mol. The van der Waals surface area contributed by atoms with Crippen LogP contribution in [-0.4, -0.2) is 11.1 Å². The second kappa shape index (κ2) is 4.87. The summed E-state index contributed by atoms with van der Waals surface area (Å²) in [5, 5.41) is 0. The lowest BCUT2D eigenvalue weighted by atomic mass is 10.1. The van der Waals surface area contributed by atoms with E-state index < -0.39 is 0 Å². The number of hydrogen-bond acceptors (Lipinski definition) is 4. The normalized spacial score (nSPS) is 12.8. The van der Waals surface area contributed by atoms with Gasteiger partial charge < -0.3 is 16.2 Å². The van der Waals surface area contributed by atoms with Crippen molar-refractivity contribution in [1.82, 2.24) is 4.98 Å². The Hall–Kier alpha value is -1.45. The lowest BCUT2D eigenvalue weighted by molar-refractivity contribution is 0.186. The second-order valence-electron chi connectivity index (χ2n) is 4.18. The average molecular weight is 209 g/mol. The summed E-state index contributed by atoms with van der Waals surface area (Å²) in [6.45, 7) is 6.34. The standard InChI is InChI=1S/C11H19N3O/c1-7(2)6-8(3)15-10-5-4-9(12)11(13)14-10/h4-5,7-8H,6,12H2,1-3H3,(H2,13,14). The average Bonchev–Trinajstić information content (AvgIpc) is 2.10. The van der Waals surface area contributed by atoms with Crippen molar-refractivity contribution >= 4 is 11.5 Å². The highest BCUT2D eigenvalue weighted by atomic mass is 16.5. The van der Waals surface area contributed by atoms with Crippen molar-refractivity contribution in [1.29, 1.82) is 0 Å². The zero-order valence-electron chi connectivity index (χ0n) is 9.53. The molecule has 1 unspecified atom stereocenters. The van der Waals surface area contributed by atoms with E-state index in [1.807, 2.05) is 6.92 Å². The minimum absolute atomic E-state index is 0.139. The molecule has 15 heavy (non-hydrogen) atoms. The van der Waals surface area contributed by atoms with Crippen LogP contribution in [-0.2, 0) is 0 Å². The molecule has 0 aromatic carbocycles. The first-order valence-corrected chi connectivity index (χ1v) is 5.17. The quantitative estimate of drug-likeness (QED) is 0.796. The molecule has 0 aliphatic heterocycles. The van der Waals surface area contributed by atoms with Gasteiger partial charge in [0.2, 0.25) is 5.88 Å². The molecular formula is C11H19N3O. The highest BCUT2D eigenvalue weighted by Gasteiger charge is 2.08. The van der Waals surface area contributed by atoms with Crippen molar-refractivity contribution < 1.29 is 4.74 Å². The number of ether oxygens (including phenoxy) is 1. The molecule has 4 nitrogen and oxygen atoms in total. The number of rotatable bonds is 4. The molecule has 0 spiro atoms. The zero-order chi connectivity index (χ0) is 11.4. The molecule has 0 saturated carbocycles. The van der Waals surface area contributed by atoms with E-state index in [1.54, 1.807) is 12.1 Å². The van der Waals surface area contributed by atoms with Gasteiger partial charge in [-0.1, -0.05) is 13.8 Å². The molecular weight excluding hydrogens is 190 g/mol. The van der Waals surface area contributed by atoms with Gasteiger partial charge in [0.1, 0.15) is 0 Å². The first-order valence-electron chi connectivity index (χ1n) is 5.17. The highest BCUT2D eigenvalue weighted by Crippen LogP contribution is 2.18. The third-order valence-electron chi connectivity index (χ3n) is 2.06. The van der Waals surface area contributed by atoms with Crippen LogP contribution in [0.5, 0.6) is 5.88 Å². The number of nitrogen functional groups attached to an aromatic ring is 2. The summed E-state index contributed by atoms with van der Waals surface area (Å²) in [6, 6.07) is 3.45. The second-order valence-corrected chi connectivity index (χ2v) is 4.18. The Morgan fingerprint density at radius 1 is 1.27 bits per heavy atom. The van der Waals surface area contributed by atoms with E-state index in [2.05, 4.69) is 18.8 Å². The smallest absolute Gasteiger partial charge is 0.215 e. The van der Waals surface area contributed by atoms with Crippen LogP contribution in [0.25, 0.3) is 0 Å². The molecule has 0 aliphatic rings. The minimum Gasteiger partial charge on any atom is -0.475 e. The van der Waals surface area contributed by atoms with E-state index >= 15 is 0 Å². The van der Waals surface area contributed by atoms with E-state index in [9.17, 15) is 0 Å². The van der Waals surface area contributed by atoms with Crippen LogP contribution in [0.1, 0.15) is 27.2 Å². The summed E-state index contributed by atoms with van der Waals surface area (Å²) in [7, 11) is 0. The summed E-state index contributed by atoms with van der Waals surface area (Å²) < 4.78 is 5.61. The molecule has 1 rings (SSSR count). The van der Waals surface area contributed by atoms with E-state index in [-0.39, 0.29) is 6.10 Å². The highest BCUT2D eigenvalue weighted by molar-refractivity contribution is 5.58. The molecule has 0 radical (unpaired) electrons. The van der Waals surface area contributed by atoms with Gasteiger partial charge in [-0.25, -0.2) is 0 Å². The van der Waals surface area contributed by atoms with Crippen molar-refractivity contribution in [3.8, 4) is 5.88 Å². The Kier molecular flexibility index (Phi) is 3.77. The summed E-state index contributed by atoms with van der Waals surface area (Å²) in [4.78, 5) is 4.05. The third kappa shape index (κ3) is 3.65. The van der Waals surface area contributed by atoms with Gasteiger partial charge in [0.05, 0.1) is 11.8 Å². The Labute approximate surface area is 90.6 Å². The fourth-order valence-corrected chi connectivity index (χ4v) is 1.45. The summed E-state index contributed by atoms with van der Waals surface area (Å²) in [5.74, 6) is 1.46. The fraction of sp³-hybridized carbons (Fsp3) is 0.545. The minimum atomic E-state index is 0.139. The summed E-state index contributed by atoms with van der Waals surface area (Å²) >= 11 is 0. The Morgan fingerprint density at radius 2 is 1.93 bits per heavy atom. The number of pyridine rings is 1. The Bertz CT molecular complexity index is 326. The molecule has 0 amide bonds. The maximum Gasteiger partial charge on any atom is 0.215 e. The monoisotopic (exact) mass is 209 g/mol. The molecule has 0 bridgehead atoms.